The van der Waals surface area contributed by atoms with E-state index in [1.54, 1.807) is 0 Å². The summed E-state index contributed by atoms with van der Waals surface area (Å²) in [7, 11) is 0. The van der Waals surface area contributed by atoms with Crippen LogP contribution in [0.15, 0.2) is 0 Å². The van der Waals surface area contributed by atoms with Crippen LogP contribution in [-0.4, -0.2) is 54.5 Å². The molecule has 1 atom stereocenters. The second-order valence-corrected chi connectivity index (χ2v) is 6.54. The summed E-state index contributed by atoms with van der Waals surface area (Å²) in [5.41, 5.74) is 5.95. The van der Waals surface area contributed by atoms with E-state index in [-0.39, 0.29) is 12.4 Å². The van der Waals surface area contributed by atoms with Crippen molar-refractivity contribution >= 4 is 18.3 Å². The van der Waals surface area contributed by atoms with E-state index in [1.165, 1.54) is 12.8 Å². The third kappa shape index (κ3) is 4.90. The van der Waals surface area contributed by atoms with Crippen LogP contribution in [0.5, 0.6) is 0 Å². The molecule has 2 aliphatic heterocycles. The van der Waals surface area contributed by atoms with Crippen LogP contribution in [0.25, 0.3) is 0 Å². The highest BCUT2D eigenvalue weighted by Gasteiger charge is 2.26. The molecule has 2 rings (SSSR count). The summed E-state index contributed by atoms with van der Waals surface area (Å²) in [5, 5.41) is 0. The molecule has 0 aromatic carbocycles. The minimum atomic E-state index is 0. The van der Waals surface area contributed by atoms with Crippen LogP contribution >= 0.6 is 12.4 Å². The molecule has 118 valence electrons. The molecule has 0 bridgehead atoms. The molecule has 4 nitrogen and oxygen atoms in total. The lowest BCUT2D eigenvalue weighted by atomic mass is 9.91. The fourth-order valence-electron chi connectivity index (χ4n) is 3.19. The summed E-state index contributed by atoms with van der Waals surface area (Å²) in [5.74, 6) is 1.75. The number of likely N-dealkylation sites (tertiary alicyclic amines) is 2. The number of rotatable bonds is 3. The first-order valence-corrected chi connectivity index (χ1v) is 7.82. The van der Waals surface area contributed by atoms with Crippen molar-refractivity contribution < 1.29 is 4.79 Å². The minimum absolute atomic E-state index is 0. The molecular formula is C15H30ClN3O. The van der Waals surface area contributed by atoms with E-state index in [2.05, 4.69) is 23.6 Å². The molecule has 0 radical (unpaired) electrons. The normalized spacial score (nSPS) is 24.2. The molecule has 0 aromatic heterocycles. The largest absolute Gasteiger partial charge is 0.342 e. The van der Waals surface area contributed by atoms with Crippen molar-refractivity contribution in [3.05, 3.63) is 0 Å². The van der Waals surface area contributed by atoms with Gasteiger partial charge in [0.25, 0.3) is 0 Å². The summed E-state index contributed by atoms with van der Waals surface area (Å²) >= 11 is 0. The van der Waals surface area contributed by atoms with E-state index in [0.717, 1.165) is 44.9 Å². The molecule has 2 fully saturated rings. The number of halogens is 1. The van der Waals surface area contributed by atoms with Gasteiger partial charge in [-0.05, 0) is 57.5 Å². The van der Waals surface area contributed by atoms with Gasteiger partial charge in [-0.1, -0.05) is 6.92 Å². The number of carbonyl (C=O) groups is 1. The summed E-state index contributed by atoms with van der Waals surface area (Å²) in [6.07, 6.45) is 4.61. The van der Waals surface area contributed by atoms with Gasteiger partial charge in [0.2, 0.25) is 5.91 Å². The van der Waals surface area contributed by atoms with Crippen molar-refractivity contribution in [2.24, 2.45) is 17.6 Å². The molecular weight excluding hydrogens is 274 g/mol. The summed E-state index contributed by atoms with van der Waals surface area (Å²) in [6, 6.07) is 0.293. The molecule has 2 heterocycles. The Morgan fingerprint density at radius 1 is 1.15 bits per heavy atom. The van der Waals surface area contributed by atoms with Crippen LogP contribution in [0, 0.1) is 11.8 Å². The summed E-state index contributed by atoms with van der Waals surface area (Å²) in [4.78, 5) is 16.6. The number of nitrogens with two attached hydrogens (primary N) is 1. The Bertz CT molecular complexity index is 295. The van der Waals surface area contributed by atoms with Gasteiger partial charge in [0, 0.05) is 19.1 Å². The third-order valence-corrected chi connectivity index (χ3v) is 4.87. The quantitative estimate of drug-likeness (QED) is 0.864. The Hall–Kier alpha value is -0.320. The molecule has 20 heavy (non-hydrogen) atoms. The van der Waals surface area contributed by atoms with Gasteiger partial charge in [-0.15, -0.1) is 12.4 Å². The smallest absolute Gasteiger partial charge is 0.236 e. The second kappa shape index (κ2) is 8.20. The van der Waals surface area contributed by atoms with Gasteiger partial charge in [0.05, 0.1) is 6.54 Å². The lowest BCUT2D eigenvalue weighted by molar-refractivity contribution is -0.134. The lowest BCUT2D eigenvalue weighted by Crippen LogP contribution is -2.47. The number of carbonyl (C=O) groups excluding carboxylic acids is 1. The Balaban J connectivity index is 0.00000200. The standard InChI is InChI=1S/C15H29N3O.ClH/c1-12-3-9-18(10-4-12)15(19)11-17-7-5-14(6-8-17)13(2)16;/h12-14H,3-11,16H2,1-2H3;1H. The van der Waals surface area contributed by atoms with E-state index in [9.17, 15) is 4.79 Å². The maximum absolute atomic E-state index is 12.2. The van der Waals surface area contributed by atoms with E-state index in [1.807, 2.05) is 0 Å². The van der Waals surface area contributed by atoms with Gasteiger partial charge < -0.3 is 10.6 Å². The molecule has 5 heteroatoms. The van der Waals surface area contributed by atoms with Crippen molar-refractivity contribution in [3.8, 4) is 0 Å². The Morgan fingerprint density at radius 3 is 2.20 bits per heavy atom. The van der Waals surface area contributed by atoms with Crippen molar-refractivity contribution in [2.75, 3.05) is 32.7 Å². The Kier molecular flexibility index (Phi) is 7.27. The van der Waals surface area contributed by atoms with Crippen LogP contribution in [-0.2, 0) is 4.79 Å². The van der Waals surface area contributed by atoms with Crippen LogP contribution in [0.4, 0.5) is 0 Å². The highest BCUT2D eigenvalue weighted by molar-refractivity contribution is 5.85. The van der Waals surface area contributed by atoms with Crippen LogP contribution < -0.4 is 5.73 Å². The first kappa shape index (κ1) is 17.7. The van der Waals surface area contributed by atoms with Gasteiger partial charge in [-0.3, -0.25) is 9.69 Å². The first-order chi connectivity index (χ1) is 9.06. The van der Waals surface area contributed by atoms with Gasteiger partial charge in [0.1, 0.15) is 0 Å². The molecule has 1 unspecified atom stereocenters. The van der Waals surface area contributed by atoms with E-state index in [0.29, 0.717) is 24.4 Å². The van der Waals surface area contributed by atoms with Crippen molar-refractivity contribution in [3.63, 3.8) is 0 Å². The summed E-state index contributed by atoms with van der Waals surface area (Å²) < 4.78 is 0. The number of piperidine rings is 2. The topological polar surface area (TPSA) is 49.6 Å². The van der Waals surface area contributed by atoms with E-state index < -0.39 is 0 Å². The first-order valence-electron chi connectivity index (χ1n) is 7.82. The molecule has 2 N–H and O–H groups in total. The van der Waals surface area contributed by atoms with Crippen molar-refractivity contribution in [1.82, 2.24) is 9.80 Å². The van der Waals surface area contributed by atoms with Gasteiger partial charge >= 0.3 is 0 Å². The maximum atomic E-state index is 12.2. The molecule has 2 saturated heterocycles. The molecule has 2 aliphatic rings. The third-order valence-electron chi connectivity index (χ3n) is 4.87. The highest BCUT2D eigenvalue weighted by Crippen LogP contribution is 2.20. The van der Waals surface area contributed by atoms with Crippen molar-refractivity contribution in [1.29, 1.82) is 0 Å². The van der Waals surface area contributed by atoms with E-state index >= 15 is 0 Å². The highest BCUT2D eigenvalue weighted by atomic mass is 35.5. The minimum Gasteiger partial charge on any atom is -0.342 e. The number of hydrogen-bond acceptors (Lipinski definition) is 3. The molecule has 0 aliphatic carbocycles. The van der Waals surface area contributed by atoms with Gasteiger partial charge in [0.15, 0.2) is 0 Å². The fraction of sp³-hybridized carbons (Fsp3) is 0.933. The van der Waals surface area contributed by atoms with Crippen molar-refractivity contribution in [2.45, 2.75) is 45.6 Å². The van der Waals surface area contributed by atoms with Gasteiger partial charge in [-0.2, -0.15) is 0 Å². The van der Waals surface area contributed by atoms with Crippen LogP contribution in [0.3, 0.4) is 0 Å². The molecule has 0 spiro atoms. The number of nitrogens with zero attached hydrogens (tertiary/aromatic N) is 2. The molecule has 0 saturated carbocycles. The zero-order valence-corrected chi connectivity index (χ0v) is 13.7. The maximum Gasteiger partial charge on any atom is 0.236 e. The SMILES string of the molecule is CC1CCN(C(=O)CN2CCC(C(C)N)CC2)CC1.Cl. The Labute approximate surface area is 129 Å². The predicted molar refractivity (Wildman–Crippen MR) is 85.0 cm³/mol. The second-order valence-electron chi connectivity index (χ2n) is 6.54. The van der Waals surface area contributed by atoms with Crippen LogP contribution in [0.2, 0.25) is 0 Å². The molecule has 1 amide bonds. The lowest BCUT2D eigenvalue weighted by Gasteiger charge is -2.36. The van der Waals surface area contributed by atoms with Gasteiger partial charge in [-0.25, -0.2) is 0 Å². The van der Waals surface area contributed by atoms with Crippen LogP contribution in [0.1, 0.15) is 39.5 Å². The zero-order chi connectivity index (χ0) is 13.8. The number of amides is 1. The zero-order valence-electron chi connectivity index (χ0n) is 12.9. The predicted octanol–water partition coefficient (Wildman–Crippen LogP) is 1.73. The number of hydrogen-bond donors (Lipinski definition) is 1. The van der Waals surface area contributed by atoms with E-state index in [4.69, 9.17) is 5.73 Å². The summed E-state index contributed by atoms with van der Waals surface area (Å²) in [6.45, 7) is 8.96. The fourth-order valence-corrected chi connectivity index (χ4v) is 3.19. The monoisotopic (exact) mass is 303 g/mol. The average Bonchev–Trinajstić information content (AvgIpc) is 2.40. The Morgan fingerprint density at radius 2 is 1.70 bits per heavy atom. The average molecular weight is 304 g/mol. The molecule has 0 aromatic rings.